The number of benzene rings is 1. The topological polar surface area (TPSA) is 96.3 Å². The zero-order valence-corrected chi connectivity index (χ0v) is 15.2. The van der Waals surface area contributed by atoms with Crippen LogP contribution in [-0.2, 0) is 11.8 Å². The molecule has 0 radical (unpaired) electrons. The first-order chi connectivity index (χ1) is 13.0. The lowest BCUT2D eigenvalue weighted by Crippen LogP contribution is -2.46. The highest BCUT2D eigenvalue weighted by Gasteiger charge is 2.23. The first-order valence-corrected chi connectivity index (χ1v) is 8.94. The summed E-state index contributed by atoms with van der Waals surface area (Å²) in [7, 11) is 1.51. The summed E-state index contributed by atoms with van der Waals surface area (Å²) in [5.41, 5.74) is 0.754. The second kappa shape index (κ2) is 8.59. The molecule has 142 valence electrons. The average molecular weight is 369 g/mol. The second-order valence-corrected chi connectivity index (χ2v) is 6.62. The maximum absolute atomic E-state index is 12.3. The highest BCUT2D eigenvalue weighted by atomic mass is 16.2. The summed E-state index contributed by atoms with van der Waals surface area (Å²) in [4.78, 5) is 37.8. The molecule has 0 unspecified atom stereocenters. The van der Waals surface area contributed by atoms with E-state index in [9.17, 15) is 14.4 Å². The average Bonchev–Trinajstić information content (AvgIpc) is 2.66. The third-order valence-corrected chi connectivity index (χ3v) is 4.54. The molecule has 8 nitrogen and oxygen atoms in total. The predicted molar refractivity (Wildman–Crippen MR) is 101 cm³/mol. The Hall–Kier alpha value is -3.00. The molecular weight excluding hydrogens is 346 g/mol. The standard InChI is InChI=1S/C19H23N5O3/c1-23-18(26)8-7-16(22-23)19(27)21-15-9-11-24(12-10-15)13-17(25)20-14-5-3-2-4-6-14/h2-8,15H,9-13H2,1H3,(H,20,25)(H,21,27). The Balaban J connectivity index is 1.44. The van der Waals surface area contributed by atoms with Gasteiger partial charge in [-0.25, -0.2) is 4.68 Å². The summed E-state index contributed by atoms with van der Waals surface area (Å²) in [6.07, 6.45) is 1.52. The molecule has 2 heterocycles. The number of hydrogen-bond donors (Lipinski definition) is 2. The number of nitrogens with zero attached hydrogens (tertiary/aromatic N) is 3. The SMILES string of the molecule is Cn1nc(C(=O)NC2CCN(CC(=O)Nc3ccccc3)CC2)ccc1=O. The number of amides is 2. The molecule has 1 aliphatic heterocycles. The van der Waals surface area contributed by atoms with Crippen LogP contribution >= 0.6 is 0 Å². The molecule has 1 fully saturated rings. The zero-order chi connectivity index (χ0) is 19.2. The summed E-state index contributed by atoms with van der Waals surface area (Å²) < 4.78 is 1.14. The molecule has 2 aromatic rings. The van der Waals surface area contributed by atoms with Gasteiger partial charge in [0.15, 0.2) is 0 Å². The lowest BCUT2D eigenvalue weighted by molar-refractivity contribution is -0.117. The maximum atomic E-state index is 12.3. The summed E-state index contributed by atoms with van der Waals surface area (Å²) >= 11 is 0. The van der Waals surface area contributed by atoms with Crippen molar-refractivity contribution in [1.29, 1.82) is 0 Å². The maximum Gasteiger partial charge on any atom is 0.271 e. The number of rotatable bonds is 5. The van der Waals surface area contributed by atoms with E-state index in [0.29, 0.717) is 6.54 Å². The minimum Gasteiger partial charge on any atom is -0.348 e. The smallest absolute Gasteiger partial charge is 0.271 e. The van der Waals surface area contributed by atoms with E-state index in [-0.39, 0.29) is 29.1 Å². The van der Waals surface area contributed by atoms with E-state index in [0.717, 1.165) is 36.3 Å². The molecule has 0 saturated carbocycles. The van der Waals surface area contributed by atoms with Gasteiger partial charge in [0, 0.05) is 37.9 Å². The van der Waals surface area contributed by atoms with Gasteiger partial charge in [-0.05, 0) is 31.0 Å². The second-order valence-electron chi connectivity index (χ2n) is 6.62. The molecule has 0 atom stereocenters. The monoisotopic (exact) mass is 369 g/mol. The Labute approximate surface area is 157 Å². The van der Waals surface area contributed by atoms with Gasteiger partial charge in [0.1, 0.15) is 5.69 Å². The van der Waals surface area contributed by atoms with Crippen LogP contribution in [0, 0.1) is 0 Å². The van der Waals surface area contributed by atoms with Crippen LogP contribution in [0.15, 0.2) is 47.3 Å². The molecule has 1 aliphatic rings. The largest absolute Gasteiger partial charge is 0.348 e. The van der Waals surface area contributed by atoms with Crippen LogP contribution in [0.25, 0.3) is 0 Å². The molecule has 0 aliphatic carbocycles. The number of nitrogens with one attached hydrogen (secondary N) is 2. The van der Waals surface area contributed by atoms with Crippen LogP contribution in [0.1, 0.15) is 23.3 Å². The minimum atomic E-state index is -0.286. The Kier molecular flexibility index (Phi) is 5.97. The fourth-order valence-electron chi connectivity index (χ4n) is 3.04. The zero-order valence-electron chi connectivity index (χ0n) is 15.2. The van der Waals surface area contributed by atoms with Crippen molar-refractivity contribution in [1.82, 2.24) is 20.0 Å². The third-order valence-electron chi connectivity index (χ3n) is 4.54. The Morgan fingerprint density at radius 3 is 2.48 bits per heavy atom. The molecule has 0 bridgehead atoms. The fraction of sp³-hybridized carbons (Fsp3) is 0.368. The minimum absolute atomic E-state index is 0.0324. The number of anilines is 1. The molecular formula is C19H23N5O3. The van der Waals surface area contributed by atoms with Crippen LogP contribution < -0.4 is 16.2 Å². The first kappa shape index (κ1) is 18.8. The van der Waals surface area contributed by atoms with Crippen LogP contribution in [0.3, 0.4) is 0 Å². The highest BCUT2D eigenvalue weighted by molar-refractivity contribution is 5.92. The number of aromatic nitrogens is 2. The van der Waals surface area contributed by atoms with E-state index in [1.165, 1.54) is 19.2 Å². The van der Waals surface area contributed by atoms with E-state index in [1.807, 2.05) is 30.3 Å². The van der Waals surface area contributed by atoms with E-state index < -0.39 is 0 Å². The van der Waals surface area contributed by atoms with Crippen molar-refractivity contribution in [2.24, 2.45) is 7.05 Å². The van der Waals surface area contributed by atoms with Gasteiger partial charge in [0.2, 0.25) is 5.91 Å². The molecule has 8 heteroatoms. The number of carbonyl (C=O) groups excluding carboxylic acids is 2. The number of aryl methyl sites for hydroxylation is 1. The number of likely N-dealkylation sites (tertiary alicyclic amines) is 1. The van der Waals surface area contributed by atoms with Crippen LogP contribution in [0.2, 0.25) is 0 Å². The Morgan fingerprint density at radius 1 is 1.11 bits per heavy atom. The van der Waals surface area contributed by atoms with Crippen molar-refractivity contribution in [3.8, 4) is 0 Å². The van der Waals surface area contributed by atoms with Crippen LogP contribution in [0.5, 0.6) is 0 Å². The summed E-state index contributed by atoms with van der Waals surface area (Å²) in [6, 6.07) is 12.2. The Morgan fingerprint density at radius 2 is 1.81 bits per heavy atom. The third kappa shape index (κ3) is 5.24. The van der Waals surface area contributed by atoms with Gasteiger partial charge in [-0.15, -0.1) is 0 Å². The molecule has 0 spiro atoms. The van der Waals surface area contributed by atoms with Gasteiger partial charge in [-0.1, -0.05) is 18.2 Å². The van der Waals surface area contributed by atoms with Gasteiger partial charge >= 0.3 is 0 Å². The lowest BCUT2D eigenvalue weighted by atomic mass is 10.0. The van der Waals surface area contributed by atoms with Gasteiger partial charge in [-0.3, -0.25) is 19.3 Å². The number of para-hydroxylation sites is 1. The number of piperidine rings is 1. The van der Waals surface area contributed by atoms with Crippen molar-refractivity contribution in [2.45, 2.75) is 18.9 Å². The molecule has 27 heavy (non-hydrogen) atoms. The number of carbonyl (C=O) groups is 2. The van der Waals surface area contributed by atoms with Crippen molar-refractivity contribution >= 4 is 17.5 Å². The van der Waals surface area contributed by atoms with Crippen molar-refractivity contribution in [3.63, 3.8) is 0 Å². The summed E-state index contributed by atoms with van der Waals surface area (Å²) in [5.74, 6) is -0.330. The molecule has 1 saturated heterocycles. The van der Waals surface area contributed by atoms with E-state index in [4.69, 9.17) is 0 Å². The van der Waals surface area contributed by atoms with Crippen molar-refractivity contribution < 1.29 is 9.59 Å². The predicted octanol–water partition coefficient (Wildman–Crippen LogP) is 0.613. The van der Waals surface area contributed by atoms with Gasteiger partial charge in [-0.2, -0.15) is 5.10 Å². The van der Waals surface area contributed by atoms with Gasteiger partial charge in [0.25, 0.3) is 11.5 Å². The quantitative estimate of drug-likeness (QED) is 0.805. The van der Waals surface area contributed by atoms with Crippen molar-refractivity contribution in [3.05, 3.63) is 58.5 Å². The molecule has 2 N–H and O–H groups in total. The van der Waals surface area contributed by atoms with Gasteiger partial charge < -0.3 is 10.6 Å². The van der Waals surface area contributed by atoms with Crippen molar-refractivity contribution in [2.75, 3.05) is 25.0 Å². The fourth-order valence-corrected chi connectivity index (χ4v) is 3.04. The molecule has 1 aromatic carbocycles. The summed E-state index contributed by atoms with van der Waals surface area (Å²) in [6.45, 7) is 1.79. The molecule has 3 rings (SSSR count). The molecule has 1 aromatic heterocycles. The highest BCUT2D eigenvalue weighted by Crippen LogP contribution is 2.11. The first-order valence-electron chi connectivity index (χ1n) is 8.94. The number of hydrogen-bond acceptors (Lipinski definition) is 5. The van der Waals surface area contributed by atoms with Crippen LogP contribution in [-0.4, -0.2) is 52.2 Å². The normalized spacial score (nSPS) is 15.3. The van der Waals surface area contributed by atoms with E-state index in [2.05, 4.69) is 20.6 Å². The van der Waals surface area contributed by atoms with E-state index >= 15 is 0 Å². The summed E-state index contributed by atoms with van der Waals surface area (Å²) in [5, 5.41) is 9.79. The van der Waals surface area contributed by atoms with Gasteiger partial charge in [0.05, 0.1) is 6.54 Å². The lowest BCUT2D eigenvalue weighted by Gasteiger charge is -2.31. The molecule has 2 amide bonds. The van der Waals surface area contributed by atoms with Crippen LogP contribution in [0.4, 0.5) is 5.69 Å². The Bertz CT molecular complexity index is 857. The van der Waals surface area contributed by atoms with E-state index in [1.54, 1.807) is 0 Å².